The van der Waals surface area contributed by atoms with Crippen molar-refractivity contribution in [1.29, 1.82) is 0 Å². The molecule has 0 fully saturated rings. The molecule has 1 amide bonds. The normalized spacial score (nSPS) is 10.6. The molecule has 0 saturated heterocycles. The Balaban J connectivity index is 1.88. The van der Waals surface area contributed by atoms with Gasteiger partial charge in [0.15, 0.2) is 0 Å². The van der Waals surface area contributed by atoms with Crippen LogP contribution >= 0.6 is 11.6 Å². The van der Waals surface area contributed by atoms with Crippen molar-refractivity contribution in [3.63, 3.8) is 0 Å². The first-order valence-electron chi connectivity index (χ1n) is 7.51. The Morgan fingerprint density at radius 2 is 2.00 bits per heavy atom. The van der Waals surface area contributed by atoms with Gasteiger partial charge in [-0.05, 0) is 37.3 Å². The molecular formula is C16H14ClN5O3. The highest BCUT2D eigenvalue weighted by atomic mass is 35.5. The summed E-state index contributed by atoms with van der Waals surface area (Å²) in [6.07, 6.45) is 0. The van der Waals surface area contributed by atoms with Gasteiger partial charge in [0, 0.05) is 23.2 Å². The van der Waals surface area contributed by atoms with Crippen LogP contribution in [0.4, 0.5) is 0 Å². The SMILES string of the molecule is CCNC(=O)Cn1nc(-c2nc(-c3ccc(Cl)cc3)no2)ccc1=O. The minimum atomic E-state index is -0.396. The van der Waals surface area contributed by atoms with Crippen LogP contribution in [0.25, 0.3) is 23.0 Å². The van der Waals surface area contributed by atoms with Gasteiger partial charge in [-0.15, -0.1) is 0 Å². The zero-order chi connectivity index (χ0) is 17.8. The quantitative estimate of drug-likeness (QED) is 0.744. The van der Waals surface area contributed by atoms with Gasteiger partial charge in [-0.1, -0.05) is 16.8 Å². The molecule has 3 aromatic rings. The zero-order valence-electron chi connectivity index (χ0n) is 13.3. The monoisotopic (exact) mass is 359 g/mol. The summed E-state index contributed by atoms with van der Waals surface area (Å²) in [5, 5.41) is 11.2. The van der Waals surface area contributed by atoms with E-state index in [1.165, 1.54) is 12.1 Å². The first kappa shape index (κ1) is 16.8. The molecule has 2 heterocycles. The van der Waals surface area contributed by atoms with E-state index in [1.54, 1.807) is 31.2 Å². The minimum absolute atomic E-state index is 0.148. The van der Waals surface area contributed by atoms with Crippen molar-refractivity contribution in [1.82, 2.24) is 25.2 Å². The summed E-state index contributed by atoms with van der Waals surface area (Å²) in [4.78, 5) is 27.8. The van der Waals surface area contributed by atoms with Gasteiger partial charge in [0.25, 0.3) is 11.4 Å². The average Bonchev–Trinajstić information content (AvgIpc) is 3.08. The number of nitrogens with one attached hydrogen (secondary N) is 1. The van der Waals surface area contributed by atoms with Gasteiger partial charge in [-0.3, -0.25) is 9.59 Å². The summed E-state index contributed by atoms with van der Waals surface area (Å²) in [5.74, 6) is 0.214. The largest absolute Gasteiger partial charge is 0.355 e. The third kappa shape index (κ3) is 3.92. The number of aromatic nitrogens is 4. The van der Waals surface area contributed by atoms with Crippen LogP contribution in [0.3, 0.4) is 0 Å². The Kier molecular flexibility index (Phi) is 4.90. The van der Waals surface area contributed by atoms with Crippen LogP contribution in [0.5, 0.6) is 0 Å². The molecule has 3 rings (SSSR count). The van der Waals surface area contributed by atoms with Crippen molar-refractivity contribution in [3.8, 4) is 23.0 Å². The molecule has 0 aliphatic heterocycles. The zero-order valence-corrected chi connectivity index (χ0v) is 14.0. The van der Waals surface area contributed by atoms with Crippen LogP contribution in [-0.4, -0.2) is 32.4 Å². The van der Waals surface area contributed by atoms with Crippen LogP contribution in [0, 0.1) is 0 Å². The average molecular weight is 360 g/mol. The van der Waals surface area contributed by atoms with Crippen molar-refractivity contribution in [2.75, 3.05) is 6.54 Å². The molecule has 0 spiro atoms. The van der Waals surface area contributed by atoms with Gasteiger partial charge in [0.05, 0.1) is 0 Å². The smallest absolute Gasteiger partial charge is 0.278 e. The van der Waals surface area contributed by atoms with Gasteiger partial charge in [-0.2, -0.15) is 10.1 Å². The van der Waals surface area contributed by atoms with Crippen LogP contribution in [-0.2, 0) is 11.3 Å². The Morgan fingerprint density at radius 3 is 2.72 bits per heavy atom. The number of carbonyl (C=O) groups excluding carboxylic acids is 1. The molecule has 0 unspecified atom stereocenters. The molecule has 0 saturated carbocycles. The Hall–Kier alpha value is -3.00. The molecule has 0 aliphatic rings. The molecular weight excluding hydrogens is 346 g/mol. The van der Waals surface area contributed by atoms with E-state index in [0.29, 0.717) is 23.1 Å². The van der Waals surface area contributed by atoms with Crippen LogP contribution in [0.2, 0.25) is 5.02 Å². The number of hydrogen-bond acceptors (Lipinski definition) is 6. The topological polar surface area (TPSA) is 103 Å². The van der Waals surface area contributed by atoms with Gasteiger partial charge in [-0.25, -0.2) is 4.68 Å². The fourth-order valence-corrected chi connectivity index (χ4v) is 2.24. The van der Waals surface area contributed by atoms with Gasteiger partial charge >= 0.3 is 0 Å². The predicted octanol–water partition coefficient (Wildman–Crippen LogP) is 1.75. The maximum atomic E-state index is 11.8. The summed E-state index contributed by atoms with van der Waals surface area (Å²) in [5.41, 5.74) is 0.638. The molecule has 25 heavy (non-hydrogen) atoms. The van der Waals surface area contributed by atoms with E-state index in [2.05, 4.69) is 20.6 Å². The number of halogens is 1. The molecule has 9 heteroatoms. The number of rotatable bonds is 5. The molecule has 0 bridgehead atoms. The molecule has 0 atom stereocenters. The molecule has 8 nitrogen and oxygen atoms in total. The fraction of sp³-hybridized carbons (Fsp3) is 0.188. The standard InChI is InChI=1S/C16H14ClN5O3/c1-2-18-13(23)9-22-14(24)8-7-12(20-22)16-19-15(21-25-16)10-3-5-11(17)6-4-10/h3-8H,2,9H2,1H3,(H,18,23). The first-order chi connectivity index (χ1) is 12.1. The second-order valence-corrected chi connectivity index (χ2v) is 5.53. The van der Waals surface area contributed by atoms with Crippen molar-refractivity contribution < 1.29 is 9.32 Å². The Morgan fingerprint density at radius 1 is 1.24 bits per heavy atom. The summed E-state index contributed by atoms with van der Waals surface area (Å²) in [6, 6.07) is 9.74. The number of amides is 1. The summed E-state index contributed by atoms with van der Waals surface area (Å²) >= 11 is 5.86. The highest BCUT2D eigenvalue weighted by Crippen LogP contribution is 2.21. The fourth-order valence-electron chi connectivity index (χ4n) is 2.11. The van der Waals surface area contributed by atoms with E-state index in [-0.39, 0.29) is 18.3 Å². The van der Waals surface area contributed by atoms with E-state index in [9.17, 15) is 9.59 Å². The maximum Gasteiger partial charge on any atom is 0.278 e. The van der Waals surface area contributed by atoms with Crippen molar-refractivity contribution >= 4 is 17.5 Å². The molecule has 2 aromatic heterocycles. The van der Waals surface area contributed by atoms with E-state index in [1.807, 2.05) is 0 Å². The lowest BCUT2D eigenvalue weighted by molar-refractivity contribution is -0.121. The Bertz CT molecular complexity index is 949. The lowest BCUT2D eigenvalue weighted by Gasteiger charge is -2.05. The highest BCUT2D eigenvalue weighted by Gasteiger charge is 2.14. The minimum Gasteiger partial charge on any atom is -0.355 e. The molecule has 0 radical (unpaired) electrons. The van der Waals surface area contributed by atoms with Crippen LogP contribution in [0.1, 0.15) is 6.92 Å². The highest BCUT2D eigenvalue weighted by molar-refractivity contribution is 6.30. The number of likely N-dealkylation sites (N-methyl/N-ethyl adjacent to an activating group) is 1. The third-order valence-electron chi connectivity index (χ3n) is 3.28. The first-order valence-corrected chi connectivity index (χ1v) is 7.89. The van der Waals surface area contributed by atoms with E-state index in [0.717, 1.165) is 10.2 Å². The van der Waals surface area contributed by atoms with Crippen molar-refractivity contribution in [2.45, 2.75) is 13.5 Å². The predicted molar refractivity (Wildman–Crippen MR) is 90.9 cm³/mol. The van der Waals surface area contributed by atoms with E-state index >= 15 is 0 Å². The molecule has 128 valence electrons. The Labute approximate surface area is 147 Å². The van der Waals surface area contributed by atoms with Gasteiger partial charge in [0.2, 0.25) is 11.7 Å². The van der Waals surface area contributed by atoms with Crippen LogP contribution < -0.4 is 10.9 Å². The molecule has 1 aromatic carbocycles. The molecule has 1 N–H and O–H groups in total. The molecule has 0 aliphatic carbocycles. The second kappa shape index (κ2) is 7.27. The maximum absolute atomic E-state index is 11.8. The third-order valence-corrected chi connectivity index (χ3v) is 3.53. The second-order valence-electron chi connectivity index (χ2n) is 5.10. The number of hydrogen-bond donors (Lipinski definition) is 1. The number of nitrogens with zero attached hydrogens (tertiary/aromatic N) is 4. The summed E-state index contributed by atoms with van der Waals surface area (Å²) in [6.45, 7) is 2.08. The van der Waals surface area contributed by atoms with Crippen molar-refractivity contribution in [2.24, 2.45) is 0 Å². The lowest BCUT2D eigenvalue weighted by atomic mass is 10.2. The summed E-state index contributed by atoms with van der Waals surface area (Å²) < 4.78 is 6.26. The van der Waals surface area contributed by atoms with E-state index < -0.39 is 5.56 Å². The summed E-state index contributed by atoms with van der Waals surface area (Å²) in [7, 11) is 0. The lowest BCUT2D eigenvalue weighted by Crippen LogP contribution is -2.33. The van der Waals surface area contributed by atoms with Gasteiger partial charge in [0.1, 0.15) is 12.2 Å². The van der Waals surface area contributed by atoms with Gasteiger partial charge < -0.3 is 9.84 Å². The van der Waals surface area contributed by atoms with Crippen molar-refractivity contribution in [3.05, 3.63) is 51.8 Å². The van der Waals surface area contributed by atoms with Crippen LogP contribution in [0.15, 0.2) is 45.7 Å². The van der Waals surface area contributed by atoms with E-state index in [4.69, 9.17) is 16.1 Å². The number of carbonyl (C=O) groups is 1. The number of benzene rings is 1.